The van der Waals surface area contributed by atoms with Gasteiger partial charge in [-0.05, 0) is 65.1 Å². The average Bonchev–Trinajstić information content (AvgIpc) is 2.54. The minimum Gasteiger partial charge on any atom is -0.339 e. The molecule has 0 saturated heterocycles. The Balaban J connectivity index is 2.06. The van der Waals surface area contributed by atoms with Crippen LogP contribution in [0, 0.1) is 3.57 Å². The zero-order valence-electron chi connectivity index (χ0n) is 12.6. The lowest BCUT2D eigenvalue weighted by Gasteiger charge is -2.27. The first-order chi connectivity index (χ1) is 11.8. The van der Waals surface area contributed by atoms with Crippen molar-refractivity contribution in [3.8, 4) is 0 Å². The summed E-state index contributed by atoms with van der Waals surface area (Å²) in [5.74, 6) is -0.384. The van der Waals surface area contributed by atoms with E-state index in [1.807, 2.05) is 36.4 Å². The third kappa shape index (κ3) is 6.79. The van der Waals surface area contributed by atoms with Gasteiger partial charge in [0.15, 0.2) is 5.11 Å². The number of rotatable bonds is 4. The Hall–Kier alpha value is -0.800. The predicted octanol–water partition coefficient (Wildman–Crippen LogP) is 4.70. The molecule has 0 aliphatic carbocycles. The molecule has 0 radical (unpaired) electrons. The molecule has 4 nitrogen and oxygen atoms in total. The lowest BCUT2D eigenvalue weighted by atomic mass is 10.2. The molecule has 132 valence electrons. The van der Waals surface area contributed by atoms with Gasteiger partial charge in [0, 0.05) is 14.8 Å². The summed E-state index contributed by atoms with van der Waals surface area (Å²) in [5.41, 5.74) is 1.22. The lowest BCUT2D eigenvalue weighted by Crippen LogP contribution is -2.56. The minimum absolute atomic E-state index is 0.213. The van der Waals surface area contributed by atoms with Crippen molar-refractivity contribution in [2.24, 2.45) is 0 Å². The van der Waals surface area contributed by atoms with Crippen molar-refractivity contribution in [3.05, 3.63) is 63.7 Å². The molecular weight excluding hydrogens is 516 g/mol. The number of anilines is 1. The van der Waals surface area contributed by atoms with Crippen LogP contribution in [-0.2, 0) is 0 Å². The number of alkyl halides is 3. The van der Waals surface area contributed by atoms with Gasteiger partial charge in [0.2, 0.25) is 3.79 Å². The van der Waals surface area contributed by atoms with Crippen molar-refractivity contribution in [2.75, 3.05) is 5.32 Å². The van der Waals surface area contributed by atoms with Crippen molar-refractivity contribution >= 4 is 86.3 Å². The summed E-state index contributed by atoms with van der Waals surface area (Å²) in [4.78, 5) is 12.4. The van der Waals surface area contributed by atoms with Gasteiger partial charge in [-0.25, -0.2) is 0 Å². The fourth-order valence-corrected chi connectivity index (χ4v) is 2.97. The van der Waals surface area contributed by atoms with Crippen molar-refractivity contribution < 1.29 is 4.79 Å². The Morgan fingerprint density at radius 1 is 1.04 bits per heavy atom. The van der Waals surface area contributed by atoms with E-state index in [0.717, 1.165) is 9.26 Å². The third-order valence-electron chi connectivity index (χ3n) is 3.00. The van der Waals surface area contributed by atoms with Gasteiger partial charge in [-0.3, -0.25) is 4.79 Å². The van der Waals surface area contributed by atoms with Crippen molar-refractivity contribution in [1.29, 1.82) is 0 Å². The second-order valence-electron chi connectivity index (χ2n) is 4.92. The van der Waals surface area contributed by atoms with E-state index >= 15 is 0 Å². The predicted molar refractivity (Wildman–Crippen MR) is 117 cm³/mol. The van der Waals surface area contributed by atoms with Crippen LogP contribution < -0.4 is 16.0 Å². The van der Waals surface area contributed by atoms with Crippen LogP contribution >= 0.6 is 69.6 Å². The lowest BCUT2D eigenvalue weighted by molar-refractivity contribution is 0.0934. The van der Waals surface area contributed by atoms with Crippen LogP contribution in [0.15, 0.2) is 54.6 Å². The summed E-state index contributed by atoms with van der Waals surface area (Å²) < 4.78 is -0.884. The smallest absolute Gasteiger partial charge is 0.253 e. The molecule has 0 unspecified atom stereocenters. The van der Waals surface area contributed by atoms with Gasteiger partial charge in [-0.15, -0.1) is 0 Å². The fraction of sp³-hybridized carbons (Fsp3) is 0.125. The van der Waals surface area contributed by atoms with E-state index in [1.165, 1.54) is 0 Å². The van der Waals surface area contributed by atoms with Crippen LogP contribution in [0.3, 0.4) is 0 Å². The Morgan fingerprint density at radius 3 is 2.32 bits per heavy atom. The van der Waals surface area contributed by atoms with Crippen LogP contribution in [0.25, 0.3) is 0 Å². The molecule has 2 aromatic carbocycles. The zero-order valence-corrected chi connectivity index (χ0v) is 17.8. The van der Waals surface area contributed by atoms with E-state index in [1.54, 1.807) is 18.2 Å². The number of halogens is 4. The van der Waals surface area contributed by atoms with E-state index in [0.29, 0.717) is 5.56 Å². The number of benzene rings is 2. The molecule has 25 heavy (non-hydrogen) atoms. The third-order valence-corrected chi connectivity index (χ3v) is 4.54. The Morgan fingerprint density at radius 2 is 1.72 bits per heavy atom. The van der Waals surface area contributed by atoms with E-state index < -0.39 is 9.96 Å². The van der Waals surface area contributed by atoms with Crippen molar-refractivity contribution in [1.82, 2.24) is 10.6 Å². The highest BCUT2D eigenvalue weighted by Gasteiger charge is 2.34. The topological polar surface area (TPSA) is 53.2 Å². The number of amides is 1. The molecule has 2 rings (SSSR count). The molecule has 0 fully saturated rings. The monoisotopic (exact) mass is 527 g/mol. The largest absolute Gasteiger partial charge is 0.339 e. The van der Waals surface area contributed by atoms with E-state index in [9.17, 15) is 4.79 Å². The van der Waals surface area contributed by atoms with E-state index in [2.05, 4.69) is 38.5 Å². The molecule has 0 aliphatic rings. The molecule has 0 aromatic heterocycles. The van der Waals surface area contributed by atoms with Crippen LogP contribution in [0.4, 0.5) is 5.69 Å². The number of hydrogen-bond acceptors (Lipinski definition) is 2. The number of hydrogen-bond donors (Lipinski definition) is 3. The van der Waals surface area contributed by atoms with Crippen LogP contribution in [0.1, 0.15) is 10.4 Å². The zero-order chi connectivity index (χ0) is 18.4. The maximum Gasteiger partial charge on any atom is 0.253 e. The first kappa shape index (κ1) is 20.5. The summed E-state index contributed by atoms with van der Waals surface area (Å²) in [5, 5.41) is 8.62. The number of carbonyl (C=O) groups excluding carboxylic acids is 1. The fourth-order valence-electron chi connectivity index (χ4n) is 1.86. The molecule has 1 amide bonds. The van der Waals surface area contributed by atoms with Gasteiger partial charge in [-0.2, -0.15) is 0 Å². The van der Waals surface area contributed by atoms with E-state index in [4.69, 9.17) is 47.0 Å². The number of carbonyl (C=O) groups is 1. The van der Waals surface area contributed by atoms with Crippen molar-refractivity contribution in [2.45, 2.75) is 9.96 Å². The summed E-state index contributed by atoms with van der Waals surface area (Å²) in [6.07, 6.45) is -1.02. The molecule has 0 saturated carbocycles. The number of thiocarbonyl (C=S) groups is 1. The quantitative estimate of drug-likeness (QED) is 0.233. The normalized spacial score (nSPS) is 12.2. The Bertz CT molecular complexity index is 756. The highest BCUT2D eigenvalue weighted by molar-refractivity contribution is 14.1. The highest BCUT2D eigenvalue weighted by Crippen LogP contribution is 2.29. The molecular formula is C16H13Cl3IN3OS. The van der Waals surface area contributed by atoms with Gasteiger partial charge in [-0.1, -0.05) is 59.1 Å². The summed E-state index contributed by atoms with van der Waals surface area (Å²) in [6.45, 7) is 0. The van der Waals surface area contributed by atoms with Crippen LogP contribution in [-0.4, -0.2) is 21.0 Å². The Kier molecular flexibility index (Phi) is 7.57. The van der Waals surface area contributed by atoms with Gasteiger partial charge < -0.3 is 16.0 Å². The second-order valence-corrected chi connectivity index (χ2v) is 8.95. The molecule has 0 spiro atoms. The molecule has 1 atom stereocenters. The van der Waals surface area contributed by atoms with Gasteiger partial charge in [0.05, 0.1) is 0 Å². The standard InChI is InChI=1S/C16H13Cl3IN3OS/c17-16(18,19)14(22-13(24)10-5-4-6-11(20)9-10)23-15(25)21-12-7-2-1-3-8-12/h1-9,14H,(H,22,24)(H2,21,23,25)/t14-/m1/s1. The van der Waals surface area contributed by atoms with Crippen LogP contribution in [0.5, 0.6) is 0 Å². The number of nitrogens with one attached hydrogen (secondary N) is 3. The van der Waals surface area contributed by atoms with Gasteiger partial charge in [0.25, 0.3) is 5.91 Å². The summed E-state index contributed by atoms with van der Waals surface area (Å²) in [6, 6.07) is 16.3. The number of para-hydroxylation sites is 1. The van der Waals surface area contributed by atoms with Gasteiger partial charge in [0.1, 0.15) is 6.17 Å². The first-order valence-electron chi connectivity index (χ1n) is 7.01. The average molecular weight is 529 g/mol. The van der Waals surface area contributed by atoms with Crippen molar-refractivity contribution in [3.63, 3.8) is 0 Å². The van der Waals surface area contributed by atoms with E-state index in [-0.39, 0.29) is 11.0 Å². The highest BCUT2D eigenvalue weighted by atomic mass is 127. The molecule has 9 heteroatoms. The SMILES string of the molecule is O=C(N[C@H](NC(=S)Nc1ccccc1)C(Cl)(Cl)Cl)c1cccc(I)c1. The molecule has 2 aromatic rings. The Labute approximate surface area is 179 Å². The minimum atomic E-state index is -1.81. The summed E-state index contributed by atoms with van der Waals surface area (Å²) in [7, 11) is 0. The van der Waals surface area contributed by atoms with Gasteiger partial charge >= 0.3 is 0 Å². The molecule has 0 bridgehead atoms. The molecule has 3 N–H and O–H groups in total. The molecule has 0 heterocycles. The maximum absolute atomic E-state index is 12.4. The molecule has 0 aliphatic heterocycles. The maximum atomic E-state index is 12.4. The van der Waals surface area contributed by atoms with Crippen LogP contribution in [0.2, 0.25) is 0 Å². The first-order valence-corrected chi connectivity index (χ1v) is 9.63. The second kappa shape index (κ2) is 9.23. The summed E-state index contributed by atoms with van der Waals surface area (Å²) >= 11 is 25.3.